The number of aryl methyl sites for hydroxylation is 1. The van der Waals surface area contributed by atoms with Crippen LogP contribution in [-0.2, 0) is 11.2 Å². The molecule has 0 radical (unpaired) electrons. The monoisotopic (exact) mass is 286 g/mol. The van der Waals surface area contributed by atoms with Crippen LogP contribution in [0.1, 0.15) is 38.0 Å². The lowest BCUT2D eigenvalue weighted by Crippen LogP contribution is -2.13. The third kappa shape index (κ3) is 3.80. The van der Waals surface area contributed by atoms with E-state index in [1.807, 2.05) is 6.07 Å². The summed E-state index contributed by atoms with van der Waals surface area (Å²) in [4.78, 5) is 13.4. The molecule has 20 heavy (non-hydrogen) atoms. The highest BCUT2D eigenvalue weighted by atomic mass is 32.1. The van der Waals surface area contributed by atoms with Crippen LogP contribution >= 0.6 is 11.3 Å². The van der Waals surface area contributed by atoms with Crippen molar-refractivity contribution in [1.29, 1.82) is 0 Å². The van der Waals surface area contributed by atoms with E-state index in [4.69, 9.17) is 0 Å². The molecule has 0 unspecified atom stereocenters. The van der Waals surface area contributed by atoms with Gasteiger partial charge in [0, 0.05) is 17.2 Å². The molecule has 0 saturated carbocycles. The Hall–Kier alpha value is -1.41. The van der Waals surface area contributed by atoms with Crippen LogP contribution in [-0.4, -0.2) is 5.78 Å². The first-order chi connectivity index (χ1) is 9.74. The maximum Gasteiger partial charge on any atom is 0.136 e. The minimum Gasteiger partial charge on any atom is -0.299 e. The van der Waals surface area contributed by atoms with Crippen molar-refractivity contribution in [3.8, 4) is 11.1 Å². The fourth-order valence-electron chi connectivity index (χ4n) is 2.49. The third-order valence-electron chi connectivity index (χ3n) is 3.82. The van der Waals surface area contributed by atoms with Crippen molar-refractivity contribution >= 4 is 17.1 Å². The Kier molecular flexibility index (Phi) is 5.54. The van der Waals surface area contributed by atoms with Crippen molar-refractivity contribution in [2.75, 3.05) is 0 Å². The minimum atomic E-state index is 0.253. The highest BCUT2D eigenvalue weighted by molar-refractivity contribution is 7.10. The van der Waals surface area contributed by atoms with Gasteiger partial charge in [0.25, 0.3) is 0 Å². The van der Waals surface area contributed by atoms with Gasteiger partial charge in [0.1, 0.15) is 5.78 Å². The molecule has 0 atom stereocenters. The van der Waals surface area contributed by atoms with Gasteiger partial charge < -0.3 is 0 Å². The standard InChI is InChI=1S/C18H22OS/c1-3-14(4-2)18(19)11-10-17-12-16(13-20-17)15-8-6-5-7-9-15/h5-9,12-14H,3-4,10-11H2,1-2H3. The van der Waals surface area contributed by atoms with Crippen LogP contribution in [0, 0.1) is 5.92 Å². The zero-order valence-corrected chi connectivity index (χ0v) is 13.1. The predicted molar refractivity (Wildman–Crippen MR) is 87.2 cm³/mol. The minimum absolute atomic E-state index is 0.253. The smallest absolute Gasteiger partial charge is 0.136 e. The summed E-state index contributed by atoms with van der Waals surface area (Å²) in [5.74, 6) is 0.674. The quantitative estimate of drug-likeness (QED) is 0.670. The number of carbonyl (C=O) groups is 1. The molecule has 1 aromatic heterocycles. The molecule has 0 aliphatic rings. The molecule has 0 aliphatic heterocycles. The van der Waals surface area contributed by atoms with E-state index in [0.29, 0.717) is 12.2 Å². The highest BCUT2D eigenvalue weighted by Gasteiger charge is 2.14. The Morgan fingerprint density at radius 3 is 2.45 bits per heavy atom. The van der Waals surface area contributed by atoms with Gasteiger partial charge in [0.05, 0.1) is 0 Å². The van der Waals surface area contributed by atoms with Gasteiger partial charge in [-0.05, 0) is 41.8 Å². The summed E-state index contributed by atoms with van der Waals surface area (Å²) >= 11 is 1.76. The Labute approximate surface area is 125 Å². The Morgan fingerprint density at radius 2 is 1.80 bits per heavy atom. The van der Waals surface area contributed by atoms with Gasteiger partial charge in [-0.25, -0.2) is 0 Å². The van der Waals surface area contributed by atoms with Gasteiger partial charge in [0.2, 0.25) is 0 Å². The van der Waals surface area contributed by atoms with Crippen LogP contribution in [0.4, 0.5) is 0 Å². The number of rotatable bonds is 7. The van der Waals surface area contributed by atoms with Crippen LogP contribution in [0.5, 0.6) is 0 Å². The van der Waals surface area contributed by atoms with E-state index in [1.165, 1.54) is 16.0 Å². The molecular weight excluding hydrogens is 264 g/mol. The average Bonchev–Trinajstić information content (AvgIpc) is 2.96. The zero-order valence-electron chi connectivity index (χ0n) is 12.3. The number of hydrogen-bond acceptors (Lipinski definition) is 2. The summed E-state index contributed by atoms with van der Waals surface area (Å²) < 4.78 is 0. The predicted octanol–water partition coefficient (Wildman–Crippen LogP) is 5.35. The molecule has 1 nitrogen and oxygen atoms in total. The topological polar surface area (TPSA) is 17.1 Å². The van der Waals surface area contributed by atoms with Crippen molar-refractivity contribution < 1.29 is 4.79 Å². The molecule has 1 aromatic carbocycles. The van der Waals surface area contributed by atoms with Crippen molar-refractivity contribution in [1.82, 2.24) is 0 Å². The molecule has 0 spiro atoms. The molecule has 0 amide bonds. The summed E-state index contributed by atoms with van der Waals surface area (Å²) in [5, 5.41) is 2.19. The molecule has 1 heterocycles. The Bertz CT molecular complexity index is 538. The van der Waals surface area contributed by atoms with E-state index >= 15 is 0 Å². The number of hydrogen-bond donors (Lipinski definition) is 0. The molecule has 0 N–H and O–H groups in total. The SMILES string of the molecule is CCC(CC)C(=O)CCc1cc(-c2ccccc2)cs1. The van der Waals surface area contributed by atoms with E-state index in [2.05, 4.69) is 49.6 Å². The van der Waals surface area contributed by atoms with Gasteiger partial charge in [-0.3, -0.25) is 4.79 Å². The van der Waals surface area contributed by atoms with E-state index < -0.39 is 0 Å². The summed E-state index contributed by atoms with van der Waals surface area (Å²) in [7, 11) is 0. The zero-order chi connectivity index (χ0) is 14.4. The molecule has 106 valence electrons. The lowest BCUT2D eigenvalue weighted by Gasteiger charge is -2.09. The van der Waals surface area contributed by atoms with Crippen LogP contribution in [0.25, 0.3) is 11.1 Å². The lowest BCUT2D eigenvalue weighted by atomic mass is 9.95. The second-order valence-corrected chi connectivity index (χ2v) is 6.14. The number of ketones is 1. The number of carbonyl (C=O) groups excluding carboxylic acids is 1. The van der Waals surface area contributed by atoms with Crippen molar-refractivity contribution in [3.63, 3.8) is 0 Å². The van der Waals surface area contributed by atoms with Crippen LogP contribution in [0.2, 0.25) is 0 Å². The van der Waals surface area contributed by atoms with Crippen molar-refractivity contribution in [3.05, 3.63) is 46.7 Å². The first kappa shape index (κ1) is 15.0. The fraction of sp³-hybridized carbons (Fsp3) is 0.389. The normalized spacial score (nSPS) is 10.9. The van der Waals surface area contributed by atoms with Crippen LogP contribution in [0.15, 0.2) is 41.8 Å². The summed E-state index contributed by atoms with van der Waals surface area (Å²) in [6.45, 7) is 4.20. The first-order valence-corrected chi connectivity index (χ1v) is 8.28. The number of Topliss-reactive ketones (excluding diaryl/α,β-unsaturated/α-hetero) is 1. The molecule has 0 aliphatic carbocycles. The second-order valence-electron chi connectivity index (χ2n) is 5.15. The Balaban J connectivity index is 1.95. The summed E-state index contributed by atoms with van der Waals surface area (Å²) in [6.07, 6.45) is 3.50. The van der Waals surface area contributed by atoms with Gasteiger partial charge >= 0.3 is 0 Å². The van der Waals surface area contributed by atoms with E-state index in [9.17, 15) is 4.79 Å². The van der Waals surface area contributed by atoms with Gasteiger partial charge in [-0.1, -0.05) is 44.2 Å². The van der Waals surface area contributed by atoms with Gasteiger partial charge in [0.15, 0.2) is 0 Å². The maximum absolute atomic E-state index is 12.1. The molecule has 2 rings (SSSR count). The number of thiophene rings is 1. The highest BCUT2D eigenvalue weighted by Crippen LogP contribution is 2.26. The maximum atomic E-state index is 12.1. The third-order valence-corrected chi connectivity index (χ3v) is 4.82. The molecule has 2 aromatic rings. The van der Waals surface area contributed by atoms with Crippen LogP contribution < -0.4 is 0 Å². The summed E-state index contributed by atoms with van der Waals surface area (Å²) in [5.41, 5.74) is 2.52. The van der Waals surface area contributed by atoms with E-state index in [0.717, 1.165) is 19.3 Å². The van der Waals surface area contributed by atoms with Gasteiger partial charge in [-0.15, -0.1) is 11.3 Å². The van der Waals surface area contributed by atoms with Gasteiger partial charge in [-0.2, -0.15) is 0 Å². The van der Waals surface area contributed by atoms with Crippen molar-refractivity contribution in [2.45, 2.75) is 39.5 Å². The summed E-state index contributed by atoms with van der Waals surface area (Å²) in [6, 6.07) is 12.6. The van der Waals surface area contributed by atoms with E-state index in [-0.39, 0.29) is 5.92 Å². The largest absolute Gasteiger partial charge is 0.299 e. The molecular formula is C18H22OS. The molecule has 2 heteroatoms. The second kappa shape index (κ2) is 7.39. The molecule has 0 saturated heterocycles. The lowest BCUT2D eigenvalue weighted by molar-refractivity contribution is -0.123. The fourth-order valence-corrected chi connectivity index (χ4v) is 3.39. The average molecular weight is 286 g/mol. The first-order valence-electron chi connectivity index (χ1n) is 7.40. The molecule has 0 fully saturated rings. The van der Waals surface area contributed by atoms with Crippen LogP contribution in [0.3, 0.4) is 0 Å². The van der Waals surface area contributed by atoms with Crippen molar-refractivity contribution in [2.24, 2.45) is 5.92 Å². The van der Waals surface area contributed by atoms with E-state index in [1.54, 1.807) is 11.3 Å². The Morgan fingerprint density at radius 1 is 1.10 bits per heavy atom. The number of benzene rings is 1. The molecule has 0 bridgehead atoms.